The monoisotopic (exact) mass is 778 g/mol. The second kappa shape index (κ2) is 14.5. The largest absolute Gasteiger partial charge is 0.457 e. The Morgan fingerprint density at radius 2 is 1.13 bits per heavy atom. The van der Waals surface area contributed by atoms with Crippen molar-refractivity contribution in [2.45, 2.75) is 60.3 Å². The van der Waals surface area contributed by atoms with Gasteiger partial charge in [-0.1, -0.05) is 117 Å². The molecule has 0 bridgehead atoms. The fourth-order valence-corrected chi connectivity index (χ4v) is 9.47. The maximum atomic E-state index is 7.03. The number of rotatable bonds is 7. The summed E-state index contributed by atoms with van der Waals surface area (Å²) in [5.41, 5.74) is 20.5. The smallest absolute Gasteiger partial charge is 0.132 e. The minimum Gasteiger partial charge on any atom is -0.457 e. The van der Waals surface area contributed by atoms with E-state index in [0.29, 0.717) is 0 Å². The van der Waals surface area contributed by atoms with Crippen LogP contribution in [0.5, 0.6) is 11.5 Å². The van der Waals surface area contributed by atoms with Crippen molar-refractivity contribution in [3.63, 3.8) is 0 Å². The Morgan fingerprint density at radius 1 is 0.450 bits per heavy atom. The first-order valence-corrected chi connectivity index (χ1v) is 21.1. The molecule has 0 atom stereocenters. The number of aryl methyl sites for hydroxylation is 2. The molecule has 0 amide bonds. The number of ether oxygens (including phenoxy) is 1. The highest BCUT2D eigenvalue weighted by atomic mass is 16.5. The lowest BCUT2D eigenvalue weighted by Crippen LogP contribution is -2.30. The zero-order valence-electron chi connectivity index (χ0n) is 35.6. The van der Waals surface area contributed by atoms with Gasteiger partial charge in [0.15, 0.2) is 0 Å². The van der Waals surface area contributed by atoms with Crippen molar-refractivity contribution >= 4 is 38.9 Å². The molecule has 2 heterocycles. The Kier molecular flexibility index (Phi) is 9.02. The standard InChI is InChI=1S/C57H50N2O/c1-36-18-16-21-42(38(36)3)31-43-22-17-27-55(40(43)5)60-56-33-46(30-37(2)39(56)4)59-52-29-28-44(41-19-10-8-11-20-41)32-49(52)57(6,7)50-34-48-47-25-14-15-26-51(47)58(53(48)35-54(50)59)45-23-12-9-13-24-45/h8-30,32-35H,31H2,1-7H3. The summed E-state index contributed by atoms with van der Waals surface area (Å²) in [5.74, 6) is 1.75. The van der Waals surface area contributed by atoms with Gasteiger partial charge in [0.1, 0.15) is 11.5 Å². The zero-order valence-corrected chi connectivity index (χ0v) is 35.6. The Bertz CT molecular complexity index is 3120. The first-order chi connectivity index (χ1) is 29.1. The van der Waals surface area contributed by atoms with Crippen LogP contribution in [0.25, 0.3) is 38.6 Å². The van der Waals surface area contributed by atoms with E-state index in [-0.39, 0.29) is 5.41 Å². The molecule has 1 aliphatic rings. The van der Waals surface area contributed by atoms with E-state index < -0.39 is 0 Å². The van der Waals surface area contributed by atoms with Gasteiger partial charge in [0.25, 0.3) is 0 Å². The van der Waals surface area contributed by atoms with Gasteiger partial charge in [0.2, 0.25) is 0 Å². The number of hydrogen-bond acceptors (Lipinski definition) is 2. The first-order valence-electron chi connectivity index (χ1n) is 21.1. The summed E-state index contributed by atoms with van der Waals surface area (Å²) in [5, 5.41) is 2.51. The van der Waals surface area contributed by atoms with Crippen LogP contribution in [0.4, 0.5) is 17.1 Å². The Morgan fingerprint density at radius 3 is 1.92 bits per heavy atom. The van der Waals surface area contributed by atoms with Crippen LogP contribution in [0.15, 0.2) is 164 Å². The number of benzene rings is 8. The predicted octanol–water partition coefficient (Wildman–Crippen LogP) is 15.5. The molecule has 294 valence electrons. The van der Waals surface area contributed by atoms with Gasteiger partial charge < -0.3 is 14.2 Å². The van der Waals surface area contributed by atoms with Crippen molar-refractivity contribution in [3.05, 3.63) is 214 Å². The van der Waals surface area contributed by atoms with Gasteiger partial charge in [-0.05, 0) is 157 Å². The molecular formula is C57H50N2O. The molecule has 60 heavy (non-hydrogen) atoms. The van der Waals surface area contributed by atoms with E-state index in [2.05, 4.69) is 222 Å². The minimum absolute atomic E-state index is 0.303. The van der Waals surface area contributed by atoms with E-state index in [9.17, 15) is 0 Å². The third-order valence-corrected chi connectivity index (χ3v) is 13.3. The molecule has 0 fully saturated rings. The Hall–Kier alpha value is -6.84. The van der Waals surface area contributed by atoms with Crippen LogP contribution in [-0.4, -0.2) is 4.57 Å². The lowest BCUT2D eigenvalue weighted by Gasteiger charge is -2.42. The highest BCUT2D eigenvalue weighted by Gasteiger charge is 2.38. The average molecular weight is 779 g/mol. The van der Waals surface area contributed by atoms with Crippen molar-refractivity contribution in [3.8, 4) is 28.3 Å². The van der Waals surface area contributed by atoms with Crippen molar-refractivity contribution in [2.24, 2.45) is 0 Å². The van der Waals surface area contributed by atoms with Crippen LogP contribution in [-0.2, 0) is 11.8 Å². The van der Waals surface area contributed by atoms with E-state index in [4.69, 9.17) is 4.74 Å². The number of hydrogen-bond donors (Lipinski definition) is 0. The normalized spacial score (nSPS) is 13.1. The highest BCUT2D eigenvalue weighted by molar-refractivity contribution is 6.11. The quantitative estimate of drug-likeness (QED) is 0.160. The molecule has 0 spiro atoms. The topological polar surface area (TPSA) is 17.4 Å². The van der Waals surface area contributed by atoms with E-state index in [1.807, 2.05) is 0 Å². The third kappa shape index (κ3) is 6.11. The molecular weight excluding hydrogens is 729 g/mol. The van der Waals surface area contributed by atoms with E-state index in [1.165, 1.54) is 88.8 Å². The average Bonchev–Trinajstić information content (AvgIpc) is 3.59. The first kappa shape index (κ1) is 37.4. The van der Waals surface area contributed by atoms with Gasteiger partial charge in [-0.2, -0.15) is 0 Å². The van der Waals surface area contributed by atoms with Gasteiger partial charge in [0.05, 0.1) is 28.1 Å². The number of para-hydroxylation sites is 2. The summed E-state index contributed by atoms with van der Waals surface area (Å²) < 4.78 is 9.46. The fraction of sp³-hybridized carbons (Fsp3) is 0.158. The summed E-state index contributed by atoms with van der Waals surface area (Å²) in [4.78, 5) is 2.49. The van der Waals surface area contributed by atoms with Crippen molar-refractivity contribution < 1.29 is 4.74 Å². The molecule has 10 rings (SSSR count). The van der Waals surface area contributed by atoms with Crippen LogP contribution in [0.3, 0.4) is 0 Å². The maximum Gasteiger partial charge on any atom is 0.132 e. The predicted molar refractivity (Wildman–Crippen MR) is 252 cm³/mol. The highest BCUT2D eigenvalue weighted by Crippen LogP contribution is 2.55. The molecule has 3 nitrogen and oxygen atoms in total. The maximum absolute atomic E-state index is 7.03. The molecule has 8 aromatic carbocycles. The summed E-state index contributed by atoms with van der Waals surface area (Å²) in [6, 6.07) is 59.9. The lowest BCUT2D eigenvalue weighted by molar-refractivity contribution is 0.474. The van der Waals surface area contributed by atoms with Crippen molar-refractivity contribution in [1.29, 1.82) is 0 Å². The van der Waals surface area contributed by atoms with Crippen LogP contribution in [0, 0.1) is 34.6 Å². The molecule has 0 unspecified atom stereocenters. The van der Waals surface area contributed by atoms with Gasteiger partial charge in [-0.25, -0.2) is 0 Å². The zero-order chi connectivity index (χ0) is 41.3. The molecule has 0 saturated carbocycles. The van der Waals surface area contributed by atoms with Crippen LogP contribution >= 0.6 is 0 Å². The summed E-state index contributed by atoms with van der Waals surface area (Å²) in [6.45, 7) is 15.8. The molecule has 0 radical (unpaired) electrons. The van der Waals surface area contributed by atoms with Gasteiger partial charge in [-0.15, -0.1) is 0 Å². The molecule has 1 aliphatic heterocycles. The third-order valence-electron chi connectivity index (χ3n) is 13.3. The lowest BCUT2D eigenvalue weighted by atomic mass is 9.72. The van der Waals surface area contributed by atoms with Crippen LogP contribution < -0.4 is 9.64 Å². The molecule has 0 N–H and O–H groups in total. The van der Waals surface area contributed by atoms with E-state index in [0.717, 1.165) is 34.9 Å². The molecule has 0 aliphatic carbocycles. The Balaban J connectivity index is 1.17. The van der Waals surface area contributed by atoms with Crippen molar-refractivity contribution in [2.75, 3.05) is 4.90 Å². The number of fused-ring (bicyclic) bond motifs is 5. The summed E-state index contributed by atoms with van der Waals surface area (Å²) in [6.07, 6.45) is 0.866. The van der Waals surface area contributed by atoms with Gasteiger partial charge in [-0.3, -0.25) is 0 Å². The van der Waals surface area contributed by atoms with Gasteiger partial charge in [0, 0.05) is 27.9 Å². The molecule has 3 heteroatoms. The van der Waals surface area contributed by atoms with Crippen LogP contribution in [0.2, 0.25) is 0 Å². The Labute approximate surface area is 354 Å². The van der Waals surface area contributed by atoms with E-state index >= 15 is 0 Å². The summed E-state index contributed by atoms with van der Waals surface area (Å²) >= 11 is 0. The van der Waals surface area contributed by atoms with Crippen molar-refractivity contribution in [1.82, 2.24) is 4.57 Å². The van der Waals surface area contributed by atoms with Gasteiger partial charge >= 0.3 is 0 Å². The number of anilines is 3. The minimum atomic E-state index is -0.303. The number of nitrogens with zero attached hydrogens (tertiary/aromatic N) is 2. The summed E-state index contributed by atoms with van der Waals surface area (Å²) in [7, 11) is 0. The fourth-order valence-electron chi connectivity index (χ4n) is 9.47. The molecule has 1 aromatic heterocycles. The second-order valence-electron chi connectivity index (χ2n) is 17.2. The molecule has 0 saturated heterocycles. The second-order valence-corrected chi connectivity index (χ2v) is 17.2. The molecule has 9 aromatic rings. The van der Waals surface area contributed by atoms with E-state index in [1.54, 1.807) is 0 Å². The SMILES string of the molecule is Cc1cccc(Cc2cccc(Oc3cc(N4c5ccc(-c6ccccc6)cc5C(C)(C)c5cc6c7ccccc7n(-c7ccccc7)c6cc54)cc(C)c3C)c2C)c1C. The van der Waals surface area contributed by atoms with Crippen LogP contribution in [0.1, 0.15) is 63.9 Å². The number of aromatic nitrogens is 1.